The van der Waals surface area contributed by atoms with Crippen molar-refractivity contribution in [1.82, 2.24) is 4.90 Å². The largest absolute Gasteiger partial charge is 0.488 e. The van der Waals surface area contributed by atoms with Crippen LogP contribution in [0.1, 0.15) is 38.7 Å². The summed E-state index contributed by atoms with van der Waals surface area (Å²) in [6.45, 7) is 6.41. The summed E-state index contributed by atoms with van der Waals surface area (Å²) >= 11 is 0. The number of hydrogen-bond acceptors (Lipinski definition) is 3. The topological polar surface area (TPSA) is 43.7 Å². The van der Waals surface area contributed by atoms with Crippen LogP contribution in [-0.4, -0.2) is 34.7 Å². The summed E-state index contributed by atoms with van der Waals surface area (Å²) in [5, 5.41) is 18.9. The van der Waals surface area contributed by atoms with E-state index in [4.69, 9.17) is 0 Å². The van der Waals surface area contributed by atoms with Crippen molar-refractivity contribution in [2.45, 2.75) is 45.7 Å². The van der Waals surface area contributed by atoms with Crippen LogP contribution < -0.4 is 5.46 Å². The molecule has 0 radical (unpaired) electrons. The van der Waals surface area contributed by atoms with Crippen LogP contribution in [-0.2, 0) is 6.54 Å². The van der Waals surface area contributed by atoms with Gasteiger partial charge in [-0.1, -0.05) is 38.1 Å². The van der Waals surface area contributed by atoms with Crippen LogP contribution in [0, 0.1) is 5.92 Å². The Morgan fingerprint density at radius 1 is 1.26 bits per heavy atom. The van der Waals surface area contributed by atoms with E-state index in [0.29, 0.717) is 17.4 Å². The lowest BCUT2D eigenvalue weighted by Crippen LogP contribution is -2.36. The van der Waals surface area contributed by atoms with Crippen LogP contribution in [0.25, 0.3) is 0 Å². The summed E-state index contributed by atoms with van der Waals surface area (Å²) in [4.78, 5) is 2.49. The van der Waals surface area contributed by atoms with Crippen molar-refractivity contribution in [1.29, 1.82) is 0 Å². The third kappa shape index (κ3) is 4.34. The summed E-state index contributed by atoms with van der Waals surface area (Å²) in [6.07, 6.45) is 3.75. The molecular weight excluding hydrogens is 237 g/mol. The minimum absolute atomic E-state index is 0.637. The molecule has 0 heterocycles. The Morgan fingerprint density at radius 3 is 2.53 bits per heavy atom. The van der Waals surface area contributed by atoms with Crippen LogP contribution in [0.3, 0.4) is 0 Å². The molecule has 3 nitrogen and oxygen atoms in total. The molecule has 0 aliphatic heterocycles. The Balaban J connectivity index is 2.04. The highest BCUT2D eigenvalue weighted by molar-refractivity contribution is 6.59. The van der Waals surface area contributed by atoms with Crippen LogP contribution in [0.5, 0.6) is 0 Å². The van der Waals surface area contributed by atoms with Crippen LogP contribution in [0.2, 0.25) is 0 Å². The molecular formula is C15H24BNO2. The zero-order valence-electron chi connectivity index (χ0n) is 11.9. The van der Waals surface area contributed by atoms with E-state index in [0.717, 1.165) is 18.7 Å². The van der Waals surface area contributed by atoms with Gasteiger partial charge in [-0.05, 0) is 42.8 Å². The van der Waals surface area contributed by atoms with Crippen molar-refractivity contribution >= 4 is 12.6 Å². The maximum Gasteiger partial charge on any atom is 0.488 e. The van der Waals surface area contributed by atoms with Gasteiger partial charge < -0.3 is 10.0 Å². The van der Waals surface area contributed by atoms with Gasteiger partial charge in [0.05, 0.1) is 0 Å². The zero-order chi connectivity index (χ0) is 13.8. The lowest BCUT2D eigenvalue weighted by molar-refractivity contribution is 0.240. The van der Waals surface area contributed by atoms with Gasteiger partial charge in [0, 0.05) is 12.6 Å². The molecule has 1 aromatic carbocycles. The third-order valence-electron chi connectivity index (χ3n) is 3.76. The molecule has 4 heteroatoms. The van der Waals surface area contributed by atoms with Gasteiger partial charge in [0.2, 0.25) is 0 Å². The summed E-state index contributed by atoms with van der Waals surface area (Å²) < 4.78 is 0. The molecule has 0 unspecified atom stereocenters. The molecule has 0 bridgehead atoms. The minimum atomic E-state index is -1.37. The Labute approximate surface area is 116 Å². The highest BCUT2D eigenvalue weighted by atomic mass is 16.4. The van der Waals surface area contributed by atoms with Crippen LogP contribution in [0.15, 0.2) is 24.3 Å². The molecule has 1 aliphatic rings. The first-order valence-corrected chi connectivity index (χ1v) is 7.26. The molecule has 2 rings (SSSR count). The van der Waals surface area contributed by atoms with Gasteiger partial charge in [0.1, 0.15) is 0 Å². The second kappa shape index (κ2) is 6.55. The fourth-order valence-electron chi connectivity index (χ4n) is 2.40. The fraction of sp³-hybridized carbons (Fsp3) is 0.600. The average Bonchev–Trinajstić information content (AvgIpc) is 3.18. The quantitative estimate of drug-likeness (QED) is 0.729. The summed E-state index contributed by atoms with van der Waals surface area (Å²) in [5.74, 6) is 0.708. The van der Waals surface area contributed by atoms with E-state index in [-0.39, 0.29) is 0 Å². The second-order valence-corrected chi connectivity index (χ2v) is 5.96. The van der Waals surface area contributed by atoms with Gasteiger partial charge in [0.25, 0.3) is 0 Å². The van der Waals surface area contributed by atoms with E-state index in [1.807, 2.05) is 18.2 Å². The first kappa shape index (κ1) is 14.6. The van der Waals surface area contributed by atoms with Gasteiger partial charge in [-0.15, -0.1) is 0 Å². The first-order valence-electron chi connectivity index (χ1n) is 7.26. The number of rotatable bonds is 7. The smallest absolute Gasteiger partial charge is 0.423 e. The number of nitrogens with zero attached hydrogens (tertiary/aromatic N) is 1. The maximum atomic E-state index is 9.43. The summed E-state index contributed by atoms with van der Waals surface area (Å²) in [6, 6.07) is 8.32. The monoisotopic (exact) mass is 261 g/mol. The standard InChI is InChI=1S/C15H24BNO2/c1-12(2)9-10-17(14-7-8-14)11-13-5-3-4-6-15(13)16(18)19/h3-6,12,14,18-19H,7-11H2,1-2H3. The Kier molecular flexibility index (Phi) is 5.02. The van der Waals surface area contributed by atoms with Crippen molar-refractivity contribution in [2.24, 2.45) is 5.92 Å². The first-order chi connectivity index (χ1) is 9.08. The third-order valence-corrected chi connectivity index (χ3v) is 3.76. The van der Waals surface area contributed by atoms with E-state index in [9.17, 15) is 10.0 Å². The lowest BCUT2D eigenvalue weighted by atomic mass is 9.77. The van der Waals surface area contributed by atoms with Gasteiger partial charge in [-0.3, -0.25) is 4.90 Å². The summed E-state index contributed by atoms with van der Waals surface area (Å²) in [5.41, 5.74) is 1.67. The molecule has 0 saturated heterocycles. The molecule has 19 heavy (non-hydrogen) atoms. The molecule has 0 spiro atoms. The van der Waals surface area contributed by atoms with E-state index < -0.39 is 7.12 Å². The van der Waals surface area contributed by atoms with Crippen molar-refractivity contribution in [2.75, 3.05) is 6.54 Å². The van der Waals surface area contributed by atoms with Crippen molar-refractivity contribution < 1.29 is 10.0 Å². The molecule has 0 aromatic heterocycles. The van der Waals surface area contributed by atoms with E-state index in [2.05, 4.69) is 18.7 Å². The lowest BCUT2D eigenvalue weighted by Gasteiger charge is -2.24. The van der Waals surface area contributed by atoms with Crippen molar-refractivity contribution in [3.8, 4) is 0 Å². The van der Waals surface area contributed by atoms with Gasteiger partial charge >= 0.3 is 7.12 Å². The maximum absolute atomic E-state index is 9.43. The second-order valence-electron chi connectivity index (χ2n) is 5.96. The van der Waals surface area contributed by atoms with Crippen LogP contribution >= 0.6 is 0 Å². The summed E-state index contributed by atoms with van der Waals surface area (Å²) in [7, 11) is -1.37. The molecule has 2 N–H and O–H groups in total. The van der Waals surface area contributed by atoms with Gasteiger partial charge in [-0.25, -0.2) is 0 Å². The van der Waals surface area contributed by atoms with Crippen molar-refractivity contribution in [3.05, 3.63) is 29.8 Å². The Morgan fingerprint density at radius 2 is 1.95 bits per heavy atom. The fourth-order valence-corrected chi connectivity index (χ4v) is 2.40. The van der Waals surface area contributed by atoms with E-state index in [1.54, 1.807) is 6.07 Å². The average molecular weight is 261 g/mol. The normalized spacial score (nSPS) is 15.3. The Hall–Kier alpha value is -0.835. The van der Waals surface area contributed by atoms with E-state index in [1.165, 1.54) is 19.3 Å². The predicted molar refractivity (Wildman–Crippen MR) is 79.2 cm³/mol. The van der Waals surface area contributed by atoms with Gasteiger partial charge in [-0.2, -0.15) is 0 Å². The number of hydrogen-bond donors (Lipinski definition) is 2. The minimum Gasteiger partial charge on any atom is -0.423 e. The molecule has 0 atom stereocenters. The SMILES string of the molecule is CC(C)CCN(Cc1ccccc1B(O)O)C1CC1. The van der Waals surface area contributed by atoms with Crippen molar-refractivity contribution in [3.63, 3.8) is 0 Å². The number of benzene rings is 1. The molecule has 1 saturated carbocycles. The molecule has 0 amide bonds. The molecule has 1 aromatic rings. The highest BCUT2D eigenvalue weighted by Gasteiger charge is 2.29. The molecule has 104 valence electrons. The molecule has 1 aliphatic carbocycles. The van der Waals surface area contributed by atoms with E-state index >= 15 is 0 Å². The van der Waals surface area contributed by atoms with Gasteiger partial charge in [0.15, 0.2) is 0 Å². The van der Waals surface area contributed by atoms with Crippen LogP contribution in [0.4, 0.5) is 0 Å². The highest BCUT2D eigenvalue weighted by Crippen LogP contribution is 2.28. The zero-order valence-corrected chi connectivity index (χ0v) is 11.9. The Bertz CT molecular complexity index is 405. The molecule has 1 fully saturated rings. The predicted octanol–water partition coefficient (Wildman–Crippen LogP) is 1.38.